The predicted octanol–water partition coefficient (Wildman–Crippen LogP) is 5.00. The van der Waals surface area contributed by atoms with Crippen LogP contribution in [-0.4, -0.2) is 75.7 Å². The molecule has 0 saturated heterocycles. The molecule has 0 saturated carbocycles. The Balaban J connectivity index is 2.52. The Bertz CT molecular complexity index is 1260. The van der Waals surface area contributed by atoms with Crippen LogP contribution in [0.1, 0.15) is 72.1 Å². The van der Waals surface area contributed by atoms with Crippen LogP contribution in [0.4, 0.5) is 4.79 Å². The molecule has 242 valence electrons. The Morgan fingerprint density at radius 3 is 2.00 bits per heavy atom. The number of carbonyl (C=O) groups is 4. The first kappa shape index (κ1) is 36.5. The van der Waals surface area contributed by atoms with Gasteiger partial charge in [0.1, 0.15) is 35.1 Å². The number of rotatable bonds is 13. The lowest BCUT2D eigenvalue weighted by molar-refractivity contribution is -0.159. The normalized spacial score (nSPS) is 13.6. The molecule has 44 heavy (non-hydrogen) atoms. The summed E-state index contributed by atoms with van der Waals surface area (Å²) in [7, 11) is 0. The number of esters is 1. The van der Waals surface area contributed by atoms with Crippen LogP contribution in [-0.2, 0) is 30.3 Å². The van der Waals surface area contributed by atoms with E-state index in [4.69, 9.17) is 9.47 Å². The first-order valence-electron chi connectivity index (χ1n) is 14.7. The summed E-state index contributed by atoms with van der Waals surface area (Å²) in [4.78, 5) is 55.6. The third-order valence-corrected chi connectivity index (χ3v) is 6.95. The second-order valence-corrected chi connectivity index (χ2v) is 13.3. The highest BCUT2D eigenvalue weighted by Crippen LogP contribution is 2.30. The van der Waals surface area contributed by atoms with E-state index in [9.17, 15) is 24.3 Å². The van der Waals surface area contributed by atoms with Crippen molar-refractivity contribution in [3.63, 3.8) is 0 Å². The number of likely N-dealkylation sites (N-methyl/N-ethyl adjacent to an activating group) is 1. The molecule has 3 N–H and O–H groups in total. The number of hydrogen-bond acceptors (Lipinski definition) is 8. The van der Waals surface area contributed by atoms with Gasteiger partial charge < -0.3 is 30.1 Å². The Hall–Kier alpha value is -3.73. The highest BCUT2D eigenvalue weighted by molar-refractivity contribution is 7.98. The van der Waals surface area contributed by atoms with Gasteiger partial charge in [-0.15, -0.1) is 0 Å². The minimum atomic E-state index is -1.33. The SMILES string of the molecule is CCN(C(=O)C(CCSC)NC(=O)OC(C)(C)C)C(C(=O)NC(Cc1ccccc1)C(=O)OC(C)(C)C)c1ccccc1O. The van der Waals surface area contributed by atoms with Gasteiger partial charge in [-0.3, -0.25) is 9.59 Å². The number of carbonyl (C=O) groups excluding carboxylic acids is 4. The van der Waals surface area contributed by atoms with Crippen molar-refractivity contribution >= 4 is 35.6 Å². The summed E-state index contributed by atoms with van der Waals surface area (Å²) in [6.07, 6.45) is 1.55. The number of nitrogens with zero attached hydrogens (tertiary/aromatic N) is 1. The van der Waals surface area contributed by atoms with Crippen molar-refractivity contribution in [2.24, 2.45) is 0 Å². The number of ether oxygens (including phenoxy) is 2. The Kier molecular flexibility index (Phi) is 13.6. The second kappa shape index (κ2) is 16.4. The Labute approximate surface area is 265 Å². The molecule has 3 amide bonds. The van der Waals surface area contributed by atoms with E-state index < -0.39 is 53.2 Å². The van der Waals surface area contributed by atoms with Crippen LogP contribution in [0.15, 0.2) is 54.6 Å². The van der Waals surface area contributed by atoms with Gasteiger partial charge in [-0.25, -0.2) is 9.59 Å². The van der Waals surface area contributed by atoms with E-state index in [-0.39, 0.29) is 30.7 Å². The standard InChI is InChI=1S/C33H47N3O7S/c1-9-36(29(39)24(19-20-44-8)35-31(41)43-33(5,6)7)27(23-17-13-14-18-26(23)37)28(38)34-25(30(40)42-32(2,3)4)21-22-15-11-10-12-16-22/h10-18,24-25,27,37H,9,19-21H2,1-8H3,(H,34,38)(H,35,41). The molecule has 0 fully saturated rings. The number of thioether (sulfide) groups is 1. The van der Waals surface area contributed by atoms with Crippen LogP contribution in [0.5, 0.6) is 5.75 Å². The summed E-state index contributed by atoms with van der Waals surface area (Å²) in [5.41, 5.74) is -0.625. The summed E-state index contributed by atoms with van der Waals surface area (Å²) in [5.74, 6) is -1.50. The van der Waals surface area contributed by atoms with Gasteiger partial charge >= 0.3 is 12.1 Å². The van der Waals surface area contributed by atoms with Gasteiger partial charge in [0, 0.05) is 18.5 Å². The average Bonchev–Trinajstić information content (AvgIpc) is 2.92. The fraction of sp³-hybridized carbons (Fsp3) is 0.515. The summed E-state index contributed by atoms with van der Waals surface area (Å²) in [6.45, 7) is 12.1. The van der Waals surface area contributed by atoms with Gasteiger partial charge in [0.2, 0.25) is 11.8 Å². The fourth-order valence-electron chi connectivity index (χ4n) is 4.44. The van der Waals surface area contributed by atoms with Crippen molar-refractivity contribution in [2.75, 3.05) is 18.6 Å². The Morgan fingerprint density at radius 2 is 1.45 bits per heavy atom. The zero-order chi connectivity index (χ0) is 33.1. The largest absolute Gasteiger partial charge is 0.508 e. The van der Waals surface area contributed by atoms with E-state index in [0.29, 0.717) is 5.75 Å². The van der Waals surface area contributed by atoms with Crippen molar-refractivity contribution in [3.8, 4) is 5.75 Å². The van der Waals surface area contributed by atoms with Gasteiger partial charge in [-0.05, 0) is 78.5 Å². The molecule has 2 aromatic rings. The molecule has 0 aliphatic heterocycles. The summed E-state index contributed by atoms with van der Waals surface area (Å²) >= 11 is 1.50. The van der Waals surface area contributed by atoms with Gasteiger partial charge in [0.25, 0.3) is 0 Å². The maximum Gasteiger partial charge on any atom is 0.408 e. The molecule has 0 aliphatic rings. The molecular weight excluding hydrogens is 582 g/mol. The van der Waals surface area contributed by atoms with Gasteiger partial charge in [-0.2, -0.15) is 11.8 Å². The van der Waals surface area contributed by atoms with Gasteiger partial charge in [0.15, 0.2) is 0 Å². The number of nitrogens with one attached hydrogen (secondary N) is 2. The highest BCUT2D eigenvalue weighted by atomic mass is 32.2. The van der Waals surface area contributed by atoms with E-state index >= 15 is 0 Å². The highest BCUT2D eigenvalue weighted by Gasteiger charge is 2.38. The number of phenols is 1. The Morgan fingerprint density at radius 1 is 0.864 bits per heavy atom. The van der Waals surface area contributed by atoms with E-state index in [2.05, 4.69) is 10.6 Å². The maximum absolute atomic E-state index is 14.2. The smallest absolute Gasteiger partial charge is 0.408 e. The van der Waals surface area contributed by atoms with Crippen LogP contribution in [0.25, 0.3) is 0 Å². The second-order valence-electron chi connectivity index (χ2n) is 12.4. The van der Waals surface area contributed by atoms with Crippen molar-refractivity contribution in [3.05, 3.63) is 65.7 Å². The number of hydrogen-bond donors (Lipinski definition) is 3. The summed E-state index contributed by atoms with van der Waals surface area (Å²) < 4.78 is 11.0. The quantitative estimate of drug-likeness (QED) is 0.264. The molecule has 11 heteroatoms. The van der Waals surface area contributed by atoms with E-state index in [1.54, 1.807) is 66.7 Å². The molecule has 0 bridgehead atoms. The van der Waals surface area contributed by atoms with Crippen LogP contribution in [0.3, 0.4) is 0 Å². The number of alkyl carbamates (subject to hydrolysis) is 1. The van der Waals surface area contributed by atoms with Crippen molar-refractivity contribution in [1.29, 1.82) is 0 Å². The summed E-state index contributed by atoms with van der Waals surface area (Å²) in [6, 6.07) is 12.0. The van der Waals surface area contributed by atoms with Crippen molar-refractivity contribution in [2.45, 2.75) is 90.6 Å². The van der Waals surface area contributed by atoms with Crippen LogP contribution >= 0.6 is 11.8 Å². The molecule has 0 heterocycles. The van der Waals surface area contributed by atoms with Gasteiger partial charge in [0.05, 0.1) is 0 Å². The molecule has 2 rings (SSSR count). The molecule has 3 atom stereocenters. The number of benzene rings is 2. The molecule has 0 spiro atoms. The van der Waals surface area contributed by atoms with Crippen molar-refractivity contribution in [1.82, 2.24) is 15.5 Å². The molecule has 10 nitrogen and oxygen atoms in total. The number of aromatic hydroxyl groups is 1. The first-order valence-corrected chi connectivity index (χ1v) is 16.1. The molecule has 3 unspecified atom stereocenters. The first-order chi connectivity index (χ1) is 20.6. The lowest BCUT2D eigenvalue weighted by Crippen LogP contribution is -2.55. The summed E-state index contributed by atoms with van der Waals surface area (Å²) in [5, 5.41) is 16.3. The minimum absolute atomic E-state index is 0.0623. The molecule has 0 aromatic heterocycles. The third kappa shape index (κ3) is 11.7. The van der Waals surface area contributed by atoms with Crippen LogP contribution < -0.4 is 10.6 Å². The lowest BCUT2D eigenvalue weighted by Gasteiger charge is -2.35. The molecule has 2 aromatic carbocycles. The molecular formula is C33H47N3O7S. The topological polar surface area (TPSA) is 134 Å². The minimum Gasteiger partial charge on any atom is -0.508 e. The zero-order valence-corrected chi connectivity index (χ0v) is 27.8. The molecule has 0 radical (unpaired) electrons. The monoisotopic (exact) mass is 629 g/mol. The average molecular weight is 630 g/mol. The maximum atomic E-state index is 14.2. The van der Waals surface area contributed by atoms with Gasteiger partial charge in [-0.1, -0.05) is 48.5 Å². The molecule has 0 aliphatic carbocycles. The predicted molar refractivity (Wildman–Crippen MR) is 172 cm³/mol. The number of amides is 3. The lowest BCUT2D eigenvalue weighted by atomic mass is 9.99. The van der Waals surface area contributed by atoms with E-state index in [1.165, 1.54) is 22.7 Å². The number of phenolic OH excluding ortho intramolecular Hbond substituents is 1. The van der Waals surface area contributed by atoms with Crippen LogP contribution in [0, 0.1) is 0 Å². The fourth-order valence-corrected chi connectivity index (χ4v) is 4.92. The van der Waals surface area contributed by atoms with Crippen molar-refractivity contribution < 1.29 is 33.8 Å². The number of para-hydroxylation sites is 1. The third-order valence-electron chi connectivity index (χ3n) is 6.31. The zero-order valence-electron chi connectivity index (χ0n) is 27.0. The van der Waals surface area contributed by atoms with E-state index in [1.807, 2.05) is 36.6 Å². The van der Waals surface area contributed by atoms with E-state index in [0.717, 1.165) is 5.56 Å². The van der Waals surface area contributed by atoms with Crippen LogP contribution in [0.2, 0.25) is 0 Å².